The van der Waals surface area contributed by atoms with Crippen LogP contribution in [-0.2, 0) is 6.18 Å². The highest BCUT2D eigenvalue weighted by molar-refractivity contribution is 5.96. The van der Waals surface area contributed by atoms with Gasteiger partial charge in [0.25, 0.3) is 5.91 Å². The Kier molecular flexibility index (Phi) is 4.15. The van der Waals surface area contributed by atoms with Crippen LogP contribution in [0.5, 0.6) is 0 Å². The standard InChI is InChI=1S/C17H20F3NO/c18-17(19,20)12-8-9-14(15(10-12)11-6-7-11)16(22)21-13-4-2-1-3-5-13/h8-11,13H,1-7H2,(H,21,22). The van der Waals surface area contributed by atoms with Gasteiger partial charge in [-0.05, 0) is 55.4 Å². The largest absolute Gasteiger partial charge is 0.416 e. The summed E-state index contributed by atoms with van der Waals surface area (Å²) >= 11 is 0. The van der Waals surface area contributed by atoms with Gasteiger partial charge in [-0.15, -0.1) is 0 Å². The van der Waals surface area contributed by atoms with Crippen LogP contribution in [0.4, 0.5) is 13.2 Å². The molecule has 2 nitrogen and oxygen atoms in total. The fourth-order valence-corrected chi connectivity index (χ4v) is 3.19. The minimum absolute atomic E-state index is 0.106. The molecule has 1 aromatic rings. The van der Waals surface area contributed by atoms with Crippen molar-refractivity contribution < 1.29 is 18.0 Å². The first kappa shape index (κ1) is 15.4. The first-order chi connectivity index (χ1) is 10.4. The molecule has 1 amide bonds. The lowest BCUT2D eigenvalue weighted by atomic mass is 9.94. The molecule has 0 aliphatic heterocycles. The summed E-state index contributed by atoms with van der Waals surface area (Å²) < 4.78 is 38.6. The van der Waals surface area contributed by atoms with Gasteiger partial charge >= 0.3 is 6.18 Å². The van der Waals surface area contributed by atoms with Crippen molar-refractivity contribution in [2.24, 2.45) is 0 Å². The molecule has 0 saturated heterocycles. The minimum Gasteiger partial charge on any atom is -0.349 e. The second-order valence-electron chi connectivity index (χ2n) is 6.38. The zero-order valence-electron chi connectivity index (χ0n) is 12.4. The number of nitrogens with one attached hydrogen (secondary N) is 1. The van der Waals surface area contributed by atoms with Crippen LogP contribution in [0.3, 0.4) is 0 Å². The molecule has 0 radical (unpaired) electrons. The average Bonchev–Trinajstić information content (AvgIpc) is 3.31. The SMILES string of the molecule is O=C(NC1CCCCC1)c1ccc(C(F)(F)F)cc1C1CC1. The molecule has 0 spiro atoms. The molecule has 1 aromatic carbocycles. The number of alkyl halides is 3. The van der Waals surface area contributed by atoms with Gasteiger partial charge in [-0.25, -0.2) is 0 Å². The molecular weight excluding hydrogens is 291 g/mol. The Morgan fingerprint density at radius 3 is 2.32 bits per heavy atom. The predicted molar refractivity (Wildman–Crippen MR) is 77.8 cm³/mol. The van der Waals surface area contributed by atoms with Gasteiger partial charge < -0.3 is 5.32 Å². The molecule has 120 valence electrons. The van der Waals surface area contributed by atoms with Crippen LogP contribution in [0.15, 0.2) is 18.2 Å². The van der Waals surface area contributed by atoms with Gasteiger partial charge in [-0.3, -0.25) is 4.79 Å². The fraction of sp³-hybridized carbons (Fsp3) is 0.588. The van der Waals surface area contributed by atoms with Crippen molar-refractivity contribution >= 4 is 5.91 Å². The van der Waals surface area contributed by atoms with E-state index in [-0.39, 0.29) is 17.9 Å². The van der Waals surface area contributed by atoms with E-state index >= 15 is 0 Å². The summed E-state index contributed by atoms with van der Waals surface area (Å²) in [6.07, 6.45) is 2.70. The van der Waals surface area contributed by atoms with E-state index in [1.54, 1.807) is 0 Å². The van der Waals surface area contributed by atoms with Gasteiger partial charge in [0.15, 0.2) is 0 Å². The van der Waals surface area contributed by atoms with Gasteiger partial charge in [0.1, 0.15) is 0 Å². The Balaban J connectivity index is 1.81. The van der Waals surface area contributed by atoms with Crippen LogP contribution in [-0.4, -0.2) is 11.9 Å². The van der Waals surface area contributed by atoms with Gasteiger partial charge in [-0.1, -0.05) is 19.3 Å². The Hall–Kier alpha value is -1.52. The van der Waals surface area contributed by atoms with Crippen molar-refractivity contribution in [2.45, 2.75) is 63.1 Å². The summed E-state index contributed by atoms with van der Waals surface area (Å²) in [5, 5.41) is 3.00. The maximum absolute atomic E-state index is 12.9. The third-order valence-electron chi connectivity index (χ3n) is 4.58. The summed E-state index contributed by atoms with van der Waals surface area (Å²) in [6, 6.07) is 3.68. The lowest BCUT2D eigenvalue weighted by Gasteiger charge is -2.23. The van der Waals surface area contributed by atoms with Crippen LogP contribution < -0.4 is 5.32 Å². The van der Waals surface area contributed by atoms with Crippen molar-refractivity contribution in [3.8, 4) is 0 Å². The normalized spacial score (nSPS) is 20.0. The molecule has 2 aliphatic rings. The number of hydrogen-bond donors (Lipinski definition) is 1. The van der Waals surface area contributed by atoms with Crippen LogP contribution in [0.1, 0.15) is 72.3 Å². The van der Waals surface area contributed by atoms with Crippen molar-refractivity contribution in [3.63, 3.8) is 0 Å². The average molecular weight is 311 g/mol. The molecule has 2 saturated carbocycles. The highest BCUT2D eigenvalue weighted by Crippen LogP contribution is 2.43. The number of carbonyl (C=O) groups excluding carboxylic acids is 1. The third-order valence-corrected chi connectivity index (χ3v) is 4.58. The van der Waals surface area contributed by atoms with Crippen LogP contribution in [0.2, 0.25) is 0 Å². The maximum Gasteiger partial charge on any atom is 0.416 e. The Bertz CT molecular complexity index is 558. The molecule has 0 atom stereocenters. The smallest absolute Gasteiger partial charge is 0.349 e. The Labute approximate surface area is 128 Å². The minimum atomic E-state index is -4.36. The second-order valence-corrected chi connectivity index (χ2v) is 6.38. The van der Waals surface area contributed by atoms with Gasteiger partial charge in [0, 0.05) is 11.6 Å². The molecule has 0 heterocycles. The summed E-state index contributed by atoms with van der Waals surface area (Å²) in [5.41, 5.74) is 0.313. The number of amides is 1. The molecule has 2 aliphatic carbocycles. The summed E-state index contributed by atoms with van der Waals surface area (Å²) in [6.45, 7) is 0. The lowest BCUT2D eigenvalue weighted by Crippen LogP contribution is -2.36. The van der Waals surface area contributed by atoms with Crippen molar-refractivity contribution in [2.75, 3.05) is 0 Å². The van der Waals surface area contributed by atoms with Crippen molar-refractivity contribution in [1.82, 2.24) is 5.32 Å². The number of benzene rings is 1. The number of rotatable bonds is 3. The van der Waals surface area contributed by atoms with Crippen molar-refractivity contribution in [3.05, 3.63) is 34.9 Å². The Morgan fingerprint density at radius 2 is 1.73 bits per heavy atom. The molecule has 0 bridgehead atoms. The molecular formula is C17H20F3NO. The summed E-state index contributed by atoms with van der Waals surface area (Å²) in [7, 11) is 0. The molecule has 3 rings (SSSR count). The van der Waals surface area contributed by atoms with E-state index in [1.165, 1.54) is 12.5 Å². The van der Waals surface area contributed by atoms with Gasteiger partial charge in [0.05, 0.1) is 5.56 Å². The molecule has 2 fully saturated rings. The number of carbonyl (C=O) groups is 1. The van der Waals surface area contributed by atoms with E-state index in [0.29, 0.717) is 11.1 Å². The van der Waals surface area contributed by atoms with E-state index in [0.717, 1.165) is 50.7 Å². The van der Waals surface area contributed by atoms with Crippen LogP contribution in [0, 0.1) is 0 Å². The first-order valence-electron chi connectivity index (χ1n) is 7.97. The zero-order valence-corrected chi connectivity index (χ0v) is 12.4. The zero-order chi connectivity index (χ0) is 15.7. The lowest BCUT2D eigenvalue weighted by molar-refractivity contribution is -0.137. The maximum atomic E-state index is 12.9. The number of halogens is 3. The summed E-state index contributed by atoms with van der Waals surface area (Å²) in [5.74, 6) is -0.114. The molecule has 0 aromatic heterocycles. The van der Waals surface area contributed by atoms with E-state index in [4.69, 9.17) is 0 Å². The van der Waals surface area contributed by atoms with E-state index < -0.39 is 11.7 Å². The van der Waals surface area contributed by atoms with Crippen LogP contribution >= 0.6 is 0 Å². The monoisotopic (exact) mass is 311 g/mol. The molecule has 0 unspecified atom stereocenters. The topological polar surface area (TPSA) is 29.1 Å². The van der Waals surface area contributed by atoms with Gasteiger partial charge in [0.2, 0.25) is 0 Å². The van der Waals surface area contributed by atoms with Crippen molar-refractivity contribution in [1.29, 1.82) is 0 Å². The number of hydrogen-bond acceptors (Lipinski definition) is 1. The first-order valence-corrected chi connectivity index (χ1v) is 7.97. The Morgan fingerprint density at radius 1 is 1.05 bits per heavy atom. The van der Waals surface area contributed by atoms with E-state index in [1.807, 2.05) is 0 Å². The second kappa shape index (κ2) is 5.94. The summed E-state index contributed by atoms with van der Waals surface area (Å²) in [4.78, 5) is 12.4. The quantitative estimate of drug-likeness (QED) is 0.865. The molecule has 1 N–H and O–H groups in total. The van der Waals surface area contributed by atoms with Crippen LogP contribution in [0.25, 0.3) is 0 Å². The van der Waals surface area contributed by atoms with E-state index in [2.05, 4.69) is 5.32 Å². The highest BCUT2D eigenvalue weighted by Gasteiger charge is 2.35. The fourth-order valence-electron chi connectivity index (χ4n) is 3.19. The molecule has 22 heavy (non-hydrogen) atoms. The predicted octanol–water partition coefficient (Wildman–Crippen LogP) is 4.65. The molecule has 5 heteroatoms. The third kappa shape index (κ3) is 3.45. The highest BCUT2D eigenvalue weighted by atomic mass is 19.4. The van der Waals surface area contributed by atoms with E-state index in [9.17, 15) is 18.0 Å². The van der Waals surface area contributed by atoms with Gasteiger partial charge in [-0.2, -0.15) is 13.2 Å².